The molecule has 28 heavy (non-hydrogen) atoms. The molecule has 140 valence electrons. The molecule has 0 radical (unpaired) electrons. The number of thioether (sulfide) groups is 1. The lowest BCUT2D eigenvalue weighted by Gasteiger charge is -2.23. The molecule has 5 rings (SSSR count). The Bertz CT molecular complexity index is 1090. The Kier molecular flexibility index (Phi) is 4.54. The van der Waals surface area contributed by atoms with Crippen molar-refractivity contribution in [1.82, 2.24) is 14.9 Å². The number of fused-ring (bicyclic) bond motifs is 2. The second kappa shape index (κ2) is 7.33. The van der Waals surface area contributed by atoms with Crippen molar-refractivity contribution in [3.8, 4) is 5.75 Å². The smallest absolute Gasteiger partial charge is 0.213 e. The zero-order valence-electron chi connectivity index (χ0n) is 14.7. The summed E-state index contributed by atoms with van der Waals surface area (Å²) in [7, 11) is 0. The van der Waals surface area contributed by atoms with E-state index in [2.05, 4.69) is 32.8 Å². The number of hydrogen-bond acceptors (Lipinski definition) is 6. The Labute approximate surface area is 171 Å². The third-order valence-corrected chi connectivity index (χ3v) is 6.03. The summed E-state index contributed by atoms with van der Waals surface area (Å²) in [6.07, 6.45) is 4.09. The highest BCUT2D eigenvalue weighted by atomic mass is 35.5. The summed E-state index contributed by atoms with van der Waals surface area (Å²) in [4.78, 5) is 0. The van der Waals surface area contributed by atoms with Crippen molar-refractivity contribution in [2.75, 3.05) is 11.9 Å². The number of para-hydroxylation sites is 2. The Morgan fingerprint density at radius 1 is 1.14 bits per heavy atom. The van der Waals surface area contributed by atoms with Crippen LogP contribution in [0.2, 0.25) is 5.02 Å². The largest absolute Gasteiger partial charge is 0.489 e. The third-order valence-electron chi connectivity index (χ3n) is 4.56. The lowest BCUT2D eigenvalue weighted by Crippen LogP contribution is -2.22. The summed E-state index contributed by atoms with van der Waals surface area (Å²) in [5.41, 5.74) is 3.11. The van der Waals surface area contributed by atoms with Crippen LogP contribution in [0.25, 0.3) is 6.08 Å². The van der Waals surface area contributed by atoms with Crippen LogP contribution >= 0.6 is 23.4 Å². The maximum absolute atomic E-state index is 6.19. The SMILES string of the molecule is Clc1ccccc1NCc1nnc2n1N=CC(C1=Cc3ccccc3OC1)S2. The first kappa shape index (κ1) is 17.3. The van der Waals surface area contributed by atoms with Crippen LogP contribution < -0.4 is 10.1 Å². The van der Waals surface area contributed by atoms with Gasteiger partial charge in [-0.05, 0) is 29.8 Å². The molecule has 1 unspecified atom stereocenters. The number of anilines is 1. The van der Waals surface area contributed by atoms with Gasteiger partial charge in [0, 0.05) is 11.8 Å². The molecule has 2 aliphatic heterocycles. The number of nitrogens with zero attached hydrogens (tertiary/aromatic N) is 4. The van der Waals surface area contributed by atoms with Gasteiger partial charge in [0.25, 0.3) is 0 Å². The molecule has 2 aromatic carbocycles. The topological polar surface area (TPSA) is 64.3 Å². The molecule has 0 saturated heterocycles. The van der Waals surface area contributed by atoms with E-state index in [4.69, 9.17) is 16.3 Å². The average Bonchev–Trinajstić information content (AvgIpc) is 3.15. The monoisotopic (exact) mass is 409 g/mol. The predicted octanol–water partition coefficient (Wildman–Crippen LogP) is 4.33. The van der Waals surface area contributed by atoms with Crippen LogP contribution in [0.5, 0.6) is 5.75 Å². The highest BCUT2D eigenvalue weighted by molar-refractivity contribution is 8.00. The zero-order valence-corrected chi connectivity index (χ0v) is 16.3. The van der Waals surface area contributed by atoms with Gasteiger partial charge in [0.1, 0.15) is 12.4 Å². The molecule has 1 aromatic heterocycles. The van der Waals surface area contributed by atoms with Crippen molar-refractivity contribution in [3.63, 3.8) is 0 Å². The molecule has 0 bridgehead atoms. The summed E-state index contributed by atoms with van der Waals surface area (Å²) in [6, 6.07) is 15.6. The average molecular weight is 410 g/mol. The van der Waals surface area contributed by atoms with E-state index in [1.54, 1.807) is 16.4 Å². The molecule has 0 spiro atoms. The van der Waals surface area contributed by atoms with Gasteiger partial charge in [0.15, 0.2) is 5.82 Å². The van der Waals surface area contributed by atoms with Crippen LogP contribution in [0.3, 0.4) is 0 Å². The summed E-state index contributed by atoms with van der Waals surface area (Å²) in [5, 5.41) is 18.0. The molecule has 8 heteroatoms. The number of rotatable bonds is 4. The zero-order chi connectivity index (χ0) is 18.9. The highest BCUT2D eigenvalue weighted by Gasteiger charge is 2.26. The number of benzene rings is 2. The minimum absolute atomic E-state index is 0.0782. The van der Waals surface area contributed by atoms with E-state index < -0.39 is 0 Å². The normalized spacial score (nSPS) is 17.3. The van der Waals surface area contributed by atoms with E-state index in [1.165, 1.54) is 0 Å². The molecule has 0 aliphatic carbocycles. The first-order valence-corrected chi connectivity index (χ1v) is 10.1. The van der Waals surface area contributed by atoms with Crippen molar-refractivity contribution in [1.29, 1.82) is 0 Å². The van der Waals surface area contributed by atoms with Gasteiger partial charge in [-0.25, -0.2) is 0 Å². The maximum Gasteiger partial charge on any atom is 0.213 e. The van der Waals surface area contributed by atoms with E-state index in [0.717, 1.165) is 33.6 Å². The van der Waals surface area contributed by atoms with Crippen LogP contribution in [0.1, 0.15) is 11.4 Å². The second-order valence-corrected chi connectivity index (χ2v) is 7.91. The molecule has 0 saturated carbocycles. The Morgan fingerprint density at radius 2 is 2.00 bits per heavy atom. The van der Waals surface area contributed by atoms with E-state index in [-0.39, 0.29) is 5.25 Å². The van der Waals surface area contributed by atoms with Gasteiger partial charge in [-0.15, -0.1) is 10.2 Å². The molecular weight excluding hydrogens is 394 g/mol. The van der Waals surface area contributed by atoms with Gasteiger partial charge in [-0.2, -0.15) is 9.78 Å². The Hall–Kier alpha value is -2.77. The van der Waals surface area contributed by atoms with E-state index in [1.807, 2.05) is 48.7 Å². The number of hydrogen-bond donors (Lipinski definition) is 1. The summed E-state index contributed by atoms with van der Waals surface area (Å²) in [5.74, 6) is 1.65. The molecule has 0 fully saturated rings. The fourth-order valence-corrected chi connectivity index (χ4v) is 4.29. The number of halogens is 1. The van der Waals surface area contributed by atoms with Crippen molar-refractivity contribution < 1.29 is 4.74 Å². The Morgan fingerprint density at radius 3 is 2.93 bits per heavy atom. The van der Waals surface area contributed by atoms with Crippen molar-refractivity contribution in [3.05, 3.63) is 70.5 Å². The van der Waals surface area contributed by atoms with Crippen LogP contribution in [0.4, 0.5) is 5.69 Å². The van der Waals surface area contributed by atoms with Gasteiger partial charge in [-0.1, -0.05) is 53.7 Å². The third kappa shape index (κ3) is 3.27. The molecule has 1 atom stereocenters. The number of ether oxygens (including phenoxy) is 1. The van der Waals surface area contributed by atoms with Gasteiger partial charge >= 0.3 is 0 Å². The lowest BCUT2D eigenvalue weighted by molar-refractivity contribution is 0.346. The van der Waals surface area contributed by atoms with E-state index in [0.29, 0.717) is 18.2 Å². The fourth-order valence-electron chi connectivity index (χ4n) is 3.11. The second-order valence-electron chi connectivity index (χ2n) is 6.39. The first-order chi connectivity index (χ1) is 13.8. The predicted molar refractivity (Wildman–Crippen MR) is 112 cm³/mol. The fraction of sp³-hybridized carbons (Fsp3) is 0.150. The maximum atomic E-state index is 6.19. The molecule has 1 N–H and O–H groups in total. The van der Waals surface area contributed by atoms with Crippen molar-refractivity contribution >= 4 is 41.3 Å². The van der Waals surface area contributed by atoms with Crippen molar-refractivity contribution in [2.45, 2.75) is 17.0 Å². The first-order valence-electron chi connectivity index (χ1n) is 8.84. The quantitative estimate of drug-likeness (QED) is 0.694. The van der Waals surface area contributed by atoms with Gasteiger partial charge < -0.3 is 10.1 Å². The molecular formula is C20H16ClN5OS. The van der Waals surface area contributed by atoms with Crippen LogP contribution in [0, 0.1) is 0 Å². The molecule has 0 amide bonds. The summed E-state index contributed by atoms with van der Waals surface area (Å²) >= 11 is 7.81. The standard InChI is InChI=1S/C20H16ClN5OS/c21-15-6-2-3-7-16(15)22-11-19-24-25-20-26(19)23-10-18(28-20)14-9-13-5-1-4-8-17(13)27-12-14/h1-10,18,22H,11-12H2. The molecule has 3 aromatic rings. The van der Waals surface area contributed by atoms with Gasteiger partial charge in [0.05, 0.1) is 22.5 Å². The number of aromatic nitrogens is 3. The minimum Gasteiger partial charge on any atom is -0.489 e. The van der Waals surface area contributed by atoms with Crippen LogP contribution in [-0.4, -0.2) is 32.9 Å². The van der Waals surface area contributed by atoms with Gasteiger partial charge in [-0.3, -0.25) is 0 Å². The summed E-state index contributed by atoms with van der Waals surface area (Å²) < 4.78 is 7.64. The van der Waals surface area contributed by atoms with Crippen LogP contribution in [0.15, 0.2) is 64.4 Å². The highest BCUT2D eigenvalue weighted by Crippen LogP contribution is 2.34. The van der Waals surface area contributed by atoms with E-state index >= 15 is 0 Å². The molecule has 3 heterocycles. The molecule has 2 aliphatic rings. The van der Waals surface area contributed by atoms with Crippen molar-refractivity contribution in [2.24, 2.45) is 5.10 Å². The Balaban J connectivity index is 1.33. The molecule has 6 nitrogen and oxygen atoms in total. The summed E-state index contributed by atoms with van der Waals surface area (Å²) in [6.45, 7) is 1.04. The van der Waals surface area contributed by atoms with Crippen LogP contribution in [-0.2, 0) is 6.54 Å². The minimum atomic E-state index is 0.0782. The van der Waals surface area contributed by atoms with Gasteiger partial charge in [0.2, 0.25) is 5.16 Å². The van der Waals surface area contributed by atoms with E-state index in [9.17, 15) is 0 Å². The number of nitrogens with one attached hydrogen (secondary N) is 1. The lowest BCUT2D eigenvalue weighted by atomic mass is 10.1.